The second-order valence-corrected chi connectivity index (χ2v) is 5.40. The van der Waals surface area contributed by atoms with Crippen molar-refractivity contribution in [2.75, 3.05) is 26.7 Å². The summed E-state index contributed by atoms with van der Waals surface area (Å²) in [5.41, 5.74) is 0.429. The van der Waals surface area contributed by atoms with Gasteiger partial charge in [0.2, 0.25) is 0 Å². The monoisotopic (exact) mass is 184 g/mol. The Kier molecular flexibility index (Phi) is 3.36. The van der Waals surface area contributed by atoms with Gasteiger partial charge in [0.15, 0.2) is 0 Å². The predicted molar refractivity (Wildman–Crippen MR) is 57.7 cm³/mol. The fourth-order valence-electron chi connectivity index (χ4n) is 2.23. The molecule has 0 amide bonds. The lowest BCUT2D eigenvalue weighted by Crippen LogP contribution is -2.40. The van der Waals surface area contributed by atoms with Crippen LogP contribution in [0.5, 0.6) is 0 Å². The molecule has 2 heteroatoms. The first-order chi connectivity index (χ1) is 5.94. The molecule has 0 aliphatic carbocycles. The molecule has 0 aromatic carbocycles. The Hall–Kier alpha value is -0.0800. The number of hydrogen-bond acceptors (Lipinski definition) is 2. The van der Waals surface area contributed by atoms with E-state index in [1.165, 1.54) is 26.1 Å². The molecule has 0 spiro atoms. The van der Waals surface area contributed by atoms with Crippen LogP contribution < -0.4 is 0 Å². The number of nitrogens with zero attached hydrogens (tertiary/aromatic N) is 2. The van der Waals surface area contributed by atoms with Crippen LogP contribution in [0.3, 0.4) is 0 Å². The van der Waals surface area contributed by atoms with Crippen LogP contribution in [0, 0.1) is 5.41 Å². The SMILES string of the molecule is CCC1N(C)CCN1CC(C)(C)C. The van der Waals surface area contributed by atoms with Gasteiger partial charge in [0.05, 0.1) is 6.17 Å². The van der Waals surface area contributed by atoms with Crippen LogP contribution in [-0.4, -0.2) is 42.6 Å². The van der Waals surface area contributed by atoms with Gasteiger partial charge in [0, 0.05) is 19.6 Å². The molecule has 0 saturated carbocycles. The third-order valence-electron chi connectivity index (χ3n) is 2.71. The van der Waals surface area contributed by atoms with Gasteiger partial charge < -0.3 is 0 Å². The summed E-state index contributed by atoms with van der Waals surface area (Å²) in [6, 6.07) is 0. The van der Waals surface area contributed by atoms with Gasteiger partial charge in [-0.3, -0.25) is 9.80 Å². The third-order valence-corrected chi connectivity index (χ3v) is 2.71. The summed E-state index contributed by atoms with van der Waals surface area (Å²) >= 11 is 0. The minimum atomic E-state index is 0.429. The highest BCUT2D eigenvalue weighted by Gasteiger charge is 2.30. The Balaban J connectivity index is 2.51. The quantitative estimate of drug-likeness (QED) is 0.648. The van der Waals surface area contributed by atoms with E-state index in [4.69, 9.17) is 0 Å². The average Bonchev–Trinajstić information content (AvgIpc) is 2.28. The van der Waals surface area contributed by atoms with Crippen LogP contribution >= 0.6 is 0 Å². The maximum atomic E-state index is 2.61. The second kappa shape index (κ2) is 3.97. The molecular formula is C11H24N2. The van der Waals surface area contributed by atoms with Gasteiger partial charge in [-0.05, 0) is 18.9 Å². The van der Waals surface area contributed by atoms with E-state index in [-0.39, 0.29) is 0 Å². The van der Waals surface area contributed by atoms with E-state index in [1.54, 1.807) is 0 Å². The Morgan fingerprint density at radius 3 is 2.31 bits per heavy atom. The molecule has 78 valence electrons. The van der Waals surface area contributed by atoms with Crippen LogP contribution in [-0.2, 0) is 0 Å². The highest BCUT2D eigenvalue weighted by molar-refractivity contribution is 4.81. The van der Waals surface area contributed by atoms with E-state index in [2.05, 4.69) is 44.5 Å². The minimum Gasteiger partial charge on any atom is -0.290 e. The first-order valence-electron chi connectivity index (χ1n) is 5.38. The van der Waals surface area contributed by atoms with Crippen LogP contribution in [0.2, 0.25) is 0 Å². The molecule has 0 radical (unpaired) electrons. The molecule has 1 atom stereocenters. The molecule has 0 aromatic rings. The fourth-order valence-corrected chi connectivity index (χ4v) is 2.23. The molecule has 0 aromatic heterocycles. The van der Waals surface area contributed by atoms with Crippen molar-refractivity contribution in [3.8, 4) is 0 Å². The lowest BCUT2D eigenvalue weighted by molar-refractivity contribution is 0.116. The zero-order chi connectivity index (χ0) is 10.1. The lowest BCUT2D eigenvalue weighted by atomic mass is 9.96. The first kappa shape index (κ1) is 11.0. The zero-order valence-corrected chi connectivity index (χ0v) is 9.80. The third kappa shape index (κ3) is 2.96. The number of hydrogen-bond donors (Lipinski definition) is 0. The number of likely N-dealkylation sites (N-methyl/N-ethyl adjacent to an activating group) is 1. The maximum Gasteiger partial charge on any atom is 0.0618 e. The molecule has 0 N–H and O–H groups in total. The van der Waals surface area contributed by atoms with Crippen molar-refractivity contribution in [3.05, 3.63) is 0 Å². The van der Waals surface area contributed by atoms with E-state index < -0.39 is 0 Å². The largest absolute Gasteiger partial charge is 0.290 e. The van der Waals surface area contributed by atoms with Crippen molar-refractivity contribution in [2.24, 2.45) is 5.41 Å². The maximum absolute atomic E-state index is 2.61. The van der Waals surface area contributed by atoms with Crippen molar-refractivity contribution in [3.63, 3.8) is 0 Å². The van der Waals surface area contributed by atoms with Crippen molar-refractivity contribution in [2.45, 2.75) is 40.3 Å². The molecular weight excluding hydrogens is 160 g/mol. The topological polar surface area (TPSA) is 6.48 Å². The minimum absolute atomic E-state index is 0.429. The summed E-state index contributed by atoms with van der Waals surface area (Å²) in [5, 5.41) is 0. The van der Waals surface area contributed by atoms with Gasteiger partial charge in [-0.2, -0.15) is 0 Å². The van der Waals surface area contributed by atoms with Crippen LogP contribution in [0.15, 0.2) is 0 Å². The molecule has 1 fully saturated rings. The zero-order valence-electron chi connectivity index (χ0n) is 9.80. The summed E-state index contributed by atoms with van der Waals surface area (Å²) in [7, 11) is 2.23. The van der Waals surface area contributed by atoms with E-state index >= 15 is 0 Å². The molecule has 1 heterocycles. The van der Waals surface area contributed by atoms with Crippen molar-refractivity contribution in [1.82, 2.24) is 9.80 Å². The van der Waals surface area contributed by atoms with Crippen molar-refractivity contribution in [1.29, 1.82) is 0 Å². The first-order valence-corrected chi connectivity index (χ1v) is 5.38. The van der Waals surface area contributed by atoms with E-state index in [9.17, 15) is 0 Å². The van der Waals surface area contributed by atoms with Crippen molar-refractivity contribution >= 4 is 0 Å². The van der Waals surface area contributed by atoms with Gasteiger partial charge in [-0.25, -0.2) is 0 Å². The predicted octanol–water partition coefficient (Wildman–Crippen LogP) is 2.02. The van der Waals surface area contributed by atoms with Gasteiger partial charge in [0.25, 0.3) is 0 Å². The van der Waals surface area contributed by atoms with Crippen molar-refractivity contribution < 1.29 is 0 Å². The normalized spacial score (nSPS) is 27.0. The Bertz CT molecular complexity index is 160. The van der Waals surface area contributed by atoms with E-state index in [0.717, 1.165) is 0 Å². The van der Waals surface area contributed by atoms with E-state index in [1.807, 2.05) is 0 Å². The van der Waals surface area contributed by atoms with E-state index in [0.29, 0.717) is 11.6 Å². The number of rotatable bonds is 2. The van der Waals surface area contributed by atoms with Crippen LogP contribution in [0.25, 0.3) is 0 Å². The molecule has 1 saturated heterocycles. The standard InChI is InChI=1S/C11H24N2/c1-6-10-12(5)7-8-13(10)9-11(2,3)4/h10H,6-9H2,1-5H3. The van der Waals surface area contributed by atoms with Crippen LogP contribution in [0.4, 0.5) is 0 Å². The molecule has 0 bridgehead atoms. The molecule has 1 unspecified atom stereocenters. The van der Waals surface area contributed by atoms with Gasteiger partial charge in [-0.1, -0.05) is 27.7 Å². The van der Waals surface area contributed by atoms with Crippen LogP contribution in [0.1, 0.15) is 34.1 Å². The fraction of sp³-hybridized carbons (Fsp3) is 1.00. The smallest absolute Gasteiger partial charge is 0.0618 e. The summed E-state index contributed by atoms with van der Waals surface area (Å²) in [6.45, 7) is 12.9. The summed E-state index contributed by atoms with van der Waals surface area (Å²) < 4.78 is 0. The molecule has 2 nitrogen and oxygen atoms in total. The lowest BCUT2D eigenvalue weighted by Gasteiger charge is -2.32. The summed E-state index contributed by atoms with van der Waals surface area (Å²) in [5.74, 6) is 0. The summed E-state index contributed by atoms with van der Waals surface area (Å²) in [6.07, 6.45) is 1.92. The molecule has 1 rings (SSSR count). The average molecular weight is 184 g/mol. The Morgan fingerprint density at radius 2 is 1.85 bits per heavy atom. The molecule has 1 aliphatic heterocycles. The summed E-state index contributed by atoms with van der Waals surface area (Å²) in [4.78, 5) is 5.08. The highest BCUT2D eigenvalue weighted by Crippen LogP contribution is 2.22. The molecule has 13 heavy (non-hydrogen) atoms. The van der Waals surface area contributed by atoms with Gasteiger partial charge in [-0.15, -0.1) is 0 Å². The second-order valence-electron chi connectivity index (χ2n) is 5.40. The van der Waals surface area contributed by atoms with Gasteiger partial charge >= 0.3 is 0 Å². The Labute approximate surface area is 82.9 Å². The Morgan fingerprint density at radius 1 is 1.23 bits per heavy atom. The highest BCUT2D eigenvalue weighted by atomic mass is 15.4. The van der Waals surface area contributed by atoms with Gasteiger partial charge in [0.1, 0.15) is 0 Å². The molecule has 1 aliphatic rings.